The number of carbonyl (C=O) groups excluding carboxylic acids is 1. The van der Waals surface area contributed by atoms with E-state index in [4.69, 9.17) is 9.72 Å². The summed E-state index contributed by atoms with van der Waals surface area (Å²) in [4.78, 5) is 24.9. The van der Waals surface area contributed by atoms with Gasteiger partial charge in [0.2, 0.25) is 15.9 Å². The van der Waals surface area contributed by atoms with Gasteiger partial charge in [-0.3, -0.25) is 14.7 Å². The maximum absolute atomic E-state index is 13.8. The highest BCUT2D eigenvalue weighted by Gasteiger charge is 2.35. The highest BCUT2D eigenvalue weighted by Crippen LogP contribution is 2.33. The molecule has 0 unspecified atom stereocenters. The van der Waals surface area contributed by atoms with Crippen molar-refractivity contribution in [1.29, 1.82) is 0 Å². The number of thiazole rings is 1. The molecule has 10 heteroatoms. The number of sulfonamides is 1. The summed E-state index contributed by atoms with van der Waals surface area (Å²) < 4.78 is 33.9. The molecule has 1 aliphatic rings. The fourth-order valence-corrected chi connectivity index (χ4v) is 7.03. The lowest BCUT2D eigenvalue weighted by Crippen LogP contribution is -2.44. The maximum Gasteiger partial charge on any atom is 0.243 e. The third-order valence-corrected chi connectivity index (χ3v) is 9.53. The monoisotopic (exact) mass is 536 g/mol. The van der Waals surface area contributed by atoms with Crippen molar-refractivity contribution in [3.63, 3.8) is 0 Å². The molecule has 192 valence electrons. The average Bonchev–Trinajstić information content (AvgIpc) is 3.35. The number of amides is 1. The summed E-state index contributed by atoms with van der Waals surface area (Å²) in [5.41, 5.74) is 2.76. The Balaban J connectivity index is 1.35. The molecule has 1 fully saturated rings. The Morgan fingerprint density at radius 1 is 1.11 bits per heavy atom. The molecule has 0 bridgehead atoms. The quantitative estimate of drug-likeness (QED) is 0.342. The molecular formula is C27H28N4O4S2. The van der Waals surface area contributed by atoms with Gasteiger partial charge in [0, 0.05) is 25.2 Å². The first-order valence-electron chi connectivity index (χ1n) is 12.1. The van der Waals surface area contributed by atoms with Gasteiger partial charge in [-0.05, 0) is 73.9 Å². The van der Waals surface area contributed by atoms with Crippen LogP contribution in [-0.4, -0.2) is 48.8 Å². The maximum atomic E-state index is 13.8. The minimum absolute atomic E-state index is 0.0528. The third-order valence-electron chi connectivity index (χ3n) is 6.58. The zero-order chi connectivity index (χ0) is 26.0. The van der Waals surface area contributed by atoms with Crippen molar-refractivity contribution in [2.75, 3.05) is 25.1 Å². The first-order chi connectivity index (χ1) is 17.8. The van der Waals surface area contributed by atoms with Crippen LogP contribution in [0.3, 0.4) is 0 Å². The molecule has 0 radical (unpaired) electrons. The molecule has 3 heterocycles. The van der Waals surface area contributed by atoms with Crippen LogP contribution in [-0.2, 0) is 21.4 Å². The van der Waals surface area contributed by atoms with E-state index < -0.39 is 10.0 Å². The second-order valence-electron chi connectivity index (χ2n) is 9.07. The van der Waals surface area contributed by atoms with E-state index in [-0.39, 0.29) is 29.8 Å². The first kappa shape index (κ1) is 25.3. The van der Waals surface area contributed by atoms with Gasteiger partial charge in [-0.25, -0.2) is 13.4 Å². The summed E-state index contributed by atoms with van der Waals surface area (Å²) in [6.45, 7) is 2.90. The van der Waals surface area contributed by atoms with Gasteiger partial charge >= 0.3 is 0 Å². The first-order valence-corrected chi connectivity index (χ1v) is 14.3. The highest BCUT2D eigenvalue weighted by atomic mass is 32.2. The number of methoxy groups -OCH3 is 1. The lowest BCUT2D eigenvalue weighted by Gasteiger charge is -2.33. The van der Waals surface area contributed by atoms with Crippen molar-refractivity contribution < 1.29 is 17.9 Å². The number of pyridine rings is 1. The molecule has 0 saturated carbocycles. The summed E-state index contributed by atoms with van der Waals surface area (Å²) in [5, 5.41) is 0.629. The Morgan fingerprint density at radius 3 is 2.54 bits per heavy atom. The standard InChI is InChI=1S/C27H28N4O4S2/c1-19-6-11-24-25(17-19)36-27(29-24)31(18-21-5-3-4-14-28-21)26(32)20-12-15-30(16-13-20)37(33,34)23-9-7-22(35-2)8-10-23/h3-11,14,17,20H,12-13,15-16,18H2,1-2H3. The summed E-state index contributed by atoms with van der Waals surface area (Å²) in [7, 11) is -2.11. The van der Waals surface area contributed by atoms with Gasteiger partial charge in [0.1, 0.15) is 5.75 Å². The number of hydrogen-bond acceptors (Lipinski definition) is 7. The lowest BCUT2D eigenvalue weighted by molar-refractivity contribution is -0.123. The van der Waals surface area contributed by atoms with Gasteiger partial charge in [-0.15, -0.1) is 0 Å². The number of aromatic nitrogens is 2. The van der Waals surface area contributed by atoms with Crippen molar-refractivity contribution >= 4 is 42.6 Å². The fraction of sp³-hybridized carbons (Fsp3) is 0.296. The van der Waals surface area contributed by atoms with Crippen molar-refractivity contribution in [3.05, 3.63) is 78.1 Å². The van der Waals surface area contributed by atoms with Gasteiger partial charge in [0.05, 0.1) is 34.5 Å². The van der Waals surface area contributed by atoms with Crippen LogP contribution in [0.4, 0.5) is 5.13 Å². The van der Waals surface area contributed by atoms with Crippen LogP contribution in [0.1, 0.15) is 24.1 Å². The van der Waals surface area contributed by atoms with E-state index in [1.165, 1.54) is 22.8 Å². The minimum atomic E-state index is -3.65. The molecule has 0 spiro atoms. The van der Waals surface area contributed by atoms with E-state index in [1.807, 2.05) is 37.3 Å². The summed E-state index contributed by atoms with van der Waals surface area (Å²) in [6.07, 6.45) is 2.59. The van der Waals surface area contributed by atoms with Crippen LogP contribution in [0, 0.1) is 12.8 Å². The predicted molar refractivity (Wildman–Crippen MR) is 144 cm³/mol. The fourth-order valence-electron chi connectivity index (χ4n) is 4.49. The number of anilines is 1. The summed E-state index contributed by atoms with van der Waals surface area (Å²) in [5.74, 6) is 0.240. The average molecular weight is 537 g/mol. The van der Waals surface area contributed by atoms with E-state index in [2.05, 4.69) is 11.1 Å². The molecule has 2 aromatic heterocycles. The van der Waals surface area contributed by atoms with Gasteiger partial charge in [0.25, 0.3) is 0 Å². The normalized spacial score (nSPS) is 15.1. The number of benzene rings is 2. The molecule has 2 aromatic carbocycles. The Kier molecular flexibility index (Phi) is 7.23. The summed E-state index contributed by atoms with van der Waals surface area (Å²) in [6, 6.07) is 18.1. The van der Waals surface area contributed by atoms with Gasteiger partial charge in [-0.2, -0.15) is 4.31 Å². The van der Waals surface area contributed by atoms with Crippen LogP contribution in [0.15, 0.2) is 71.8 Å². The number of hydrogen-bond donors (Lipinski definition) is 0. The number of carbonyl (C=O) groups is 1. The van der Waals surface area contributed by atoms with E-state index in [0.29, 0.717) is 30.3 Å². The number of fused-ring (bicyclic) bond motifs is 1. The van der Waals surface area contributed by atoms with Gasteiger partial charge in [-0.1, -0.05) is 23.5 Å². The second kappa shape index (κ2) is 10.6. The third kappa shape index (κ3) is 5.36. The number of piperidine rings is 1. The number of nitrogens with zero attached hydrogens (tertiary/aromatic N) is 4. The van der Waals surface area contributed by atoms with Crippen LogP contribution in [0.2, 0.25) is 0 Å². The predicted octanol–water partition coefficient (Wildman–Crippen LogP) is 4.64. The van der Waals surface area contributed by atoms with Crippen molar-refractivity contribution in [2.24, 2.45) is 5.92 Å². The topological polar surface area (TPSA) is 92.7 Å². The molecule has 1 aliphatic heterocycles. The molecule has 4 aromatic rings. The molecule has 8 nitrogen and oxygen atoms in total. The number of ether oxygens (including phenoxy) is 1. The molecular weight excluding hydrogens is 508 g/mol. The van der Waals surface area contributed by atoms with Crippen LogP contribution in [0.5, 0.6) is 5.75 Å². The SMILES string of the molecule is COc1ccc(S(=O)(=O)N2CCC(C(=O)N(Cc3ccccn3)c3nc4ccc(C)cc4s3)CC2)cc1. The van der Waals surface area contributed by atoms with Crippen molar-refractivity contribution in [1.82, 2.24) is 14.3 Å². The Bertz CT molecular complexity index is 1500. The van der Waals surface area contributed by atoms with E-state index in [1.54, 1.807) is 35.4 Å². The lowest BCUT2D eigenvalue weighted by atomic mass is 9.96. The number of aryl methyl sites for hydroxylation is 1. The van der Waals surface area contributed by atoms with Crippen molar-refractivity contribution in [2.45, 2.75) is 31.2 Å². The van der Waals surface area contributed by atoms with Crippen LogP contribution in [0.25, 0.3) is 10.2 Å². The smallest absolute Gasteiger partial charge is 0.243 e. The summed E-state index contributed by atoms with van der Waals surface area (Å²) >= 11 is 1.49. The molecule has 0 atom stereocenters. The number of rotatable bonds is 7. The Morgan fingerprint density at radius 2 is 1.86 bits per heavy atom. The molecule has 0 N–H and O–H groups in total. The van der Waals surface area contributed by atoms with E-state index >= 15 is 0 Å². The molecule has 37 heavy (non-hydrogen) atoms. The molecule has 5 rings (SSSR count). The minimum Gasteiger partial charge on any atom is -0.497 e. The Hall–Kier alpha value is -3.34. The Labute approximate surface area is 220 Å². The molecule has 1 amide bonds. The second-order valence-corrected chi connectivity index (χ2v) is 12.0. The van der Waals surface area contributed by atoms with Crippen LogP contribution < -0.4 is 9.64 Å². The van der Waals surface area contributed by atoms with E-state index in [0.717, 1.165) is 21.5 Å². The van der Waals surface area contributed by atoms with Crippen LogP contribution >= 0.6 is 11.3 Å². The largest absolute Gasteiger partial charge is 0.497 e. The zero-order valence-electron chi connectivity index (χ0n) is 20.7. The van der Waals surface area contributed by atoms with Crippen molar-refractivity contribution in [3.8, 4) is 5.75 Å². The molecule has 1 saturated heterocycles. The molecule has 0 aliphatic carbocycles. The zero-order valence-corrected chi connectivity index (χ0v) is 22.3. The van der Waals surface area contributed by atoms with Gasteiger partial charge in [0.15, 0.2) is 5.13 Å². The van der Waals surface area contributed by atoms with Gasteiger partial charge < -0.3 is 4.74 Å². The van der Waals surface area contributed by atoms with E-state index in [9.17, 15) is 13.2 Å². The highest BCUT2D eigenvalue weighted by molar-refractivity contribution is 7.89.